The number of ether oxygens (including phenoxy) is 4. The monoisotopic (exact) mass is 521 g/mol. The van der Waals surface area contributed by atoms with Gasteiger partial charge in [-0.25, -0.2) is 0 Å². The minimum atomic E-state index is -1.22. The SMILES string of the molecule is CCC(=O)OC(C)/C=C\C(=O)NC1CC(C)C(C(O)/C=C(C)/C=C/C2CC3(CO3)CC(C)(O)O2)OC1C. The number of epoxide rings is 1. The van der Waals surface area contributed by atoms with E-state index in [1.807, 2.05) is 32.9 Å². The van der Waals surface area contributed by atoms with Crippen LogP contribution in [0.25, 0.3) is 0 Å². The molecule has 9 nitrogen and oxygen atoms in total. The number of nitrogens with one attached hydrogen (secondary N) is 1. The lowest BCUT2D eigenvalue weighted by Gasteiger charge is -2.40. The summed E-state index contributed by atoms with van der Waals surface area (Å²) in [5, 5.41) is 24.2. The molecule has 0 radical (unpaired) electrons. The van der Waals surface area contributed by atoms with E-state index in [1.54, 1.807) is 32.9 Å². The molecule has 1 spiro atoms. The molecule has 0 saturated carbocycles. The average Bonchev–Trinajstić information content (AvgIpc) is 3.54. The van der Waals surface area contributed by atoms with Gasteiger partial charge in [-0.05, 0) is 46.1 Å². The van der Waals surface area contributed by atoms with Gasteiger partial charge in [-0.1, -0.05) is 37.6 Å². The van der Waals surface area contributed by atoms with Crippen LogP contribution in [0.3, 0.4) is 0 Å². The van der Waals surface area contributed by atoms with Crippen molar-refractivity contribution in [3.63, 3.8) is 0 Å². The van der Waals surface area contributed by atoms with Gasteiger partial charge in [0.1, 0.15) is 6.10 Å². The number of hydrogen-bond acceptors (Lipinski definition) is 8. The highest BCUT2D eigenvalue weighted by atomic mass is 16.7. The van der Waals surface area contributed by atoms with Crippen molar-refractivity contribution >= 4 is 11.9 Å². The Morgan fingerprint density at radius 3 is 2.62 bits per heavy atom. The first-order valence-corrected chi connectivity index (χ1v) is 13.2. The highest BCUT2D eigenvalue weighted by molar-refractivity contribution is 5.87. The minimum Gasteiger partial charge on any atom is -0.458 e. The maximum Gasteiger partial charge on any atom is 0.306 e. The van der Waals surface area contributed by atoms with Crippen molar-refractivity contribution in [1.29, 1.82) is 0 Å². The fourth-order valence-corrected chi connectivity index (χ4v) is 5.13. The quantitative estimate of drug-likeness (QED) is 0.183. The van der Waals surface area contributed by atoms with E-state index in [9.17, 15) is 19.8 Å². The van der Waals surface area contributed by atoms with Crippen LogP contribution >= 0.6 is 0 Å². The maximum absolute atomic E-state index is 12.4. The van der Waals surface area contributed by atoms with E-state index in [4.69, 9.17) is 18.9 Å². The molecule has 0 aromatic heterocycles. The highest BCUT2D eigenvalue weighted by Gasteiger charge is 2.54. The second-order valence-corrected chi connectivity index (χ2v) is 11.0. The lowest BCUT2D eigenvalue weighted by Crippen LogP contribution is -2.53. The Bertz CT molecular complexity index is 900. The Balaban J connectivity index is 1.50. The molecule has 1 amide bonds. The summed E-state index contributed by atoms with van der Waals surface area (Å²) < 4.78 is 22.6. The van der Waals surface area contributed by atoms with Crippen LogP contribution in [0, 0.1) is 5.92 Å². The van der Waals surface area contributed by atoms with Gasteiger partial charge in [0.2, 0.25) is 5.91 Å². The molecule has 0 aromatic rings. The Morgan fingerprint density at radius 2 is 1.97 bits per heavy atom. The third kappa shape index (κ3) is 8.75. The summed E-state index contributed by atoms with van der Waals surface area (Å²) in [6.45, 7) is 11.5. The summed E-state index contributed by atoms with van der Waals surface area (Å²) in [7, 11) is 0. The molecule has 3 aliphatic heterocycles. The third-order valence-corrected chi connectivity index (χ3v) is 7.10. The largest absolute Gasteiger partial charge is 0.458 e. The van der Waals surface area contributed by atoms with Crippen molar-refractivity contribution < 1.29 is 38.7 Å². The standard InChI is InChI=1S/C28H43NO8/c1-7-25(32)35-19(4)9-11-24(31)29-22-13-18(3)26(36-20(22)5)23(30)12-17(2)8-10-21-14-28(16-34-28)15-27(6,33)37-21/h8-12,18-23,26,30,33H,7,13-16H2,1-6H3,(H,29,31)/b10-8+,11-9-,17-12+. The van der Waals surface area contributed by atoms with Gasteiger partial charge in [0.15, 0.2) is 5.79 Å². The first-order chi connectivity index (χ1) is 17.3. The van der Waals surface area contributed by atoms with Gasteiger partial charge in [-0.3, -0.25) is 9.59 Å². The van der Waals surface area contributed by atoms with E-state index in [1.165, 1.54) is 6.08 Å². The van der Waals surface area contributed by atoms with Crippen molar-refractivity contribution in [3.8, 4) is 0 Å². The fourth-order valence-electron chi connectivity index (χ4n) is 5.13. The number of hydrogen-bond donors (Lipinski definition) is 3. The van der Waals surface area contributed by atoms with Crippen molar-refractivity contribution in [3.05, 3.63) is 36.0 Å². The molecule has 3 N–H and O–H groups in total. The molecule has 9 heteroatoms. The van der Waals surface area contributed by atoms with Gasteiger partial charge < -0.3 is 34.5 Å². The molecule has 37 heavy (non-hydrogen) atoms. The van der Waals surface area contributed by atoms with E-state index in [-0.39, 0.29) is 48.1 Å². The Hall–Kier alpha value is -2.04. The topological polar surface area (TPSA) is 127 Å². The van der Waals surface area contributed by atoms with E-state index in [2.05, 4.69) is 5.32 Å². The molecule has 208 valence electrons. The van der Waals surface area contributed by atoms with Gasteiger partial charge >= 0.3 is 5.97 Å². The zero-order valence-corrected chi connectivity index (χ0v) is 22.8. The van der Waals surface area contributed by atoms with E-state index < -0.39 is 24.1 Å². The van der Waals surface area contributed by atoms with E-state index in [0.717, 1.165) is 5.57 Å². The van der Waals surface area contributed by atoms with E-state index >= 15 is 0 Å². The number of carbonyl (C=O) groups is 2. The number of rotatable bonds is 9. The van der Waals surface area contributed by atoms with Crippen molar-refractivity contribution in [1.82, 2.24) is 5.32 Å². The number of aliphatic hydroxyl groups excluding tert-OH is 1. The molecule has 9 unspecified atom stereocenters. The summed E-state index contributed by atoms with van der Waals surface area (Å²) in [5.41, 5.74) is 0.575. The zero-order valence-electron chi connectivity index (χ0n) is 22.8. The molecular formula is C28H43NO8. The smallest absolute Gasteiger partial charge is 0.306 e. The molecule has 0 aliphatic carbocycles. The number of allylic oxidation sites excluding steroid dienone is 2. The molecule has 0 bridgehead atoms. The second kappa shape index (κ2) is 12.2. The van der Waals surface area contributed by atoms with Crippen LogP contribution in [0.1, 0.15) is 67.2 Å². The summed E-state index contributed by atoms with van der Waals surface area (Å²) in [5.74, 6) is -1.82. The Kier molecular flexibility index (Phi) is 9.74. The normalized spacial score (nSPS) is 38.1. The minimum absolute atomic E-state index is 0.00147. The highest BCUT2D eigenvalue weighted by Crippen LogP contribution is 2.45. The zero-order chi connectivity index (χ0) is 27.4. The molecule has 3 aliphatic rings. The first-order valence-electron chi connectivity index (χ1n) is 13.2. The van der Waals surface area contributed by atoms with Crippen LogP contribution < -0.4 is 5.32 Å². The Labute approximate surface area is 219 Å². The van der Waals surface area contributed by atoms with Gasteiger partial charge in [-0.2, -0.15) is 0 Å². The van der Waals surface area contributed by atoms with Gasteiger partial charge in [0, 0.05) is 25.3 Å². The lowest BCUT2D eigenvalue weighted by molar-refractivity contribution is -0.244. The molecule has 3 rings (SSSR count). The maximum atomic E-state index is 12.4. The first kappa shape index (κ1) is 29.5. The van der Waals surface area contributed by atoms with Crippen LogP contribution in [0.4, 0.5) is 0 Å². The molecule has 9 atom stereocenters. The summed E-state index contributed by atoms with van der Waals surface area (Å²) in [4.78, 5) is 23.7. The van der Waals surface area contributed by atoms with Crippen molar-refractivity contribution in [2.45, 2.75) is 115 Å². The van der Waals surface area contributed by atoms with Crippen molar-refractivity contribution in [2.24, 2.45) is 5.92 Å². The van der Waals surface area contributed by atoms with Crippen LogP contribution in [0.5, 0.6) is 0 Å². The van der Waals surface area contributed by atoms with Crippen molar-refractivity contribution in [2.75, 3.05) is 6.61 Å². The molecule has 3 saturated heterocycles. The molecule has 3 fully saturated rings. The second-order valence-electron chi connectivity index (χ2n) is 11.0. The summed E-state index contributed by atoms with van der Waals surface area (Å²) in [6.07, 6.45) is 8.29. The van der Waals surface area contributed by atoms with Gasteiger partial charge in [0.05, 0.1) is 42.7 Å². The molecular weight excluding hydrogens is 478 g/mol. The summed E-state index contributed by atoms with van der Waals surface area (Å²) in [6, 6.07) is -0.206. The summed E-state index contributed by atoms with van der Waals surface area (Å²) >= 11 is 0. The van der Waals surface area contributed by atoms with Crippen LogP contribution in [-0.2, 0) is 28.5 Å². The van der Waals surface area contributed by atoms with Crippen LogP contribution in [0.15, 0.2) is 36.0 Å². The number of amides is 1. The Morgan fingerprint density at radius 1 is 1.27 bits per heavy atom. The number of aliphatic hydroxyl groups is 2. The average molecular weight is 522 g/mol. The van der Waals surface area contributed by atoms with E-state index in [0.29, 0.717) is 25.9 Å². The lowest BCUT2D eigenvalue weighted by atomic mass is 9.86. The molecule has 0 aromatic carbocycles. The number of esters is 1. The van der Waals surface area contributed by atoms with Gasteiger partial charge in [0.25, 0.3) is 0 Å². The van der Waals surface area contributed by atoms with Gasteiger partial charge in [-0.15, -0.1) is 0 Å². The third-order valence-electron chi connectivity index (χ3n) is 7.10. The predicted molar refractivity (Wildman–Crippen MR) is 137 cm³/mol. The van der Waals surface area contributed by atoms with Crippen LogP contribution in [0.2, 0.25) is 0 Å². The van der Waals surface area contributed by atoms with Crippen LogP contribution in [-0.4, -0.2) is 76.6 Å². The predicted octanol–water partition coefficient (Wildman–Crippen LogP) is 2.70. The molecule has 3 heterocycles. The number of carbonyl (C=O) groups excluding carboxylic acids is 2. The fraction of sp³-hybridized carbons (Fsp3) is 0.714.